The zero-order valence-corrected chi connectivity index (χ0v) is 11.5. The van der Waals surface area contributed by atoms with E-state index in [4.69, 9.17) is 11.6 Å². The number of alkyl halides is 1. The molecule has 0 radical (unpaired) electrons. The summed E-state index contributed by atoms with van der Waals surface area (Å²) >= 11 is 6.31. The zero-order valence-electron chi connectivity index (χ0n) is 10.8. The molecule has 0 nitrogen and oxygen atoms in total. The standard InChI is InChI=1S/C17H10ClF3/c18-17(14-9-10(19)5-7-16(14)21)13-6-8-15(20)12-4-2-1-3-11(12)13/h1-9,17H. The van der Waals surface area contributed by atoms with Crippen molar-refractivity contribution in [3.63, 3.8) is 0 Å². The molecule has 3 rings (SSSR count). The summed E-state index contributed by atoms with van der Waals surface area (Å²) in [5.41, 5.74) is 0.576. The monoisotopic (exact) mass is 306 g/mol. The molecule has 21 heavy (non-hydrogen) atoms. The lowest BCUT2D eigenvalue weighted by Gasteiger charge is -2.14. The van der Waals surface area contributed by atoms with Crippen LogP contribution in [0.2, 0.25) is 0 Å². The van der Waals surface area contributed by atoms with Gasteiger partial charge in [0.1, 0.15) is 17.5 Å². The fourth-order valence-corrected chi connectivity index (χ4v) is 2.74. The van der Waals surface area contributed by atoms with E-state index in [9.17, 15) is 13.2 Å². The first-order valence-corrected chi connectivity index (χ1v) is 6.78. The minimum atomic E-state index is -0.897. The maximum absolute atomic E-state index is 13.9. The molecule has 106 valence electrons. The van der Waals surface area contributed by atoms with Crippen LogP contribution in [0, 0.1) is 17.5 Å². The van der Waals surface area contributed by atoms with Crippen LogP contribution in [0.15, 0.2) is 54.6 Å². The predicted molar refractivity (Wildman–Crippen MR) is 78.0 cm³/mol. The summed E-state index contributed by atoms with van der Waals surface area (Å²) in [5.74, 6) is -1.54. The lowest BCUT2D eigenvalue weighted by molar-refractivity contribution is 0.587. The van der Waals surface area contributed by atoms with Gasteiger partial charge in [0.05, 0.1) is 5.38 Å². The molecular weight excluding hydrogens is 297 g/mol. The molecule has 0 fully saturated rings. The third kappa shape index (κ3) is 2.49. The van der Waals surface area contributed by atoms with Gasteiger partial charge in [0.15, 0.2) is 0 Å². The van der Waals surface area contributed by atoms with Crippen molar-refractivity contribution in [2.24, 2.45) is 0 Å². The number of rotatable bonds is 2. The molecule has 0 bridgehead atoms. The molecule has 1 atom stereocenters. The highest BCUT2D eigenvalue weighted by Gasteiger charge is 2.19. The molecule has 0 aliphatic carbocycles. The molecule has 0 spiro atoms. The van der Waals surface area contributed by atoms with Gasteiger partial charge >= 0.3 is 0 Å². The molecule has 0 aromatic heterocycles. The van der Waals surface area contributed by atoms with Crippen LogP contribution in [-0.4, -0.2) is 0 Å². The highest BCUT2D eigenvalue weighted by Crippen LogP contribution is 2.36. The molecule has 3 aromatic rings. The van der Waals surface area contributed by atoms with Gasteiger partial charge in [-0.25, -0.2) is 13.2 Å². The van der Waals surface area contributed by atoms with E-state index in [0.29, 0.717) is 16.3 Å². The van der Waals surface area contributed by atoms with Gasteiger partial charge < -0.3 is 0 Å². The highest BCUT2D eigenvalue weighted by atomic mass is 35.5. The molecular formula is C17H10ClF3. The normalized spacial score (nSPS) is 12.6. The van der Waals surface area contributed by atoms with Crippen molar-refractivity contribution in [1.82, 2.24) is 0 Å². The number of halogens is 4. The average molecular weight is 307 g/mol. The van der Waals surface area contributed by atoms with E-state index < -0.39 is 17.0 Å². The summed E-state index contributed by atoms with van der Waals surface area (Å²) in [4.78, 5) is 0. The molecule has 0 amide bonds. The van der Waals surface area contributed by atoms with E-state index in [1.54, 1.807) is 24.3 Å². The Bertz CT molecular complexity index is 814. The van der Waals surface area contributed by atoms with Gasteiger partial charge in [-0.05, 0) is 35.2 Å². The smallest absolute Gasteiger partial charge is 0.131 e. The second-order valence-corrected chi connectivity index (χ2v) is 5.15. The summed E-state index contributed by atoms with van der Waals surface area (Å²) < 4.78 is 41.0. The number of benzene rings is 3. The Morgan fingerprint density at radius 3 is 2.14 bits per heavy atom. The maximum Gasteiger partial charge on any atom is 0.131 e. The van der Waals surface area contributed by atoms with Crippen LogP contribution in [0.3, 0.4) is 0 Å². The van der Waals surface area contributed by atoms with Crippen LogP contribution in [0.1, 0.15) is 16.5 Å². The van der Waals surface area contributed by atoms with E-state index >= 15 is 0 Å². The summed E-state index contributed by atoms with van der Waals surface area (Å²) in [6, 6.07) is 12.7. The molecule has 0 heterocycles. The second kappa shape index (κ2) is 5.41. The fourth-order valence-electron chi connectivity index (χ4n) is 2.38. The maximum atomic E-state index is 13.9. The van der Waals surface area contributed by atoms with Gasteiger partial charge in [0.2, 0.25) is 0 Å². The van der Waals surface area contributed by atoms with Gasteiger partial charge in [-0.15, -0.1) is 11.6 Å². The summed E-state index contributed by atoms with van der Waals surface area (Å²) in [7, 11) is 0. The summed E-state index contributed by atoms with van der Waals surface area (Å²) in [5, 5.41) is 0.0878. The van der Waals surface area contributed by atoms with Crippen molar-refractivity contribution in [1.29, 1.82) is 0 Å². The van der Waals surface area contributed by atoms with Gasteiger partial charge in [0, 0.05) is 10.9 Å². The van der Waals surface area contributed by atoms with Gasteiger partial charge in [-0.2, -0.15) is 0 Å². The predicted octanol–water partition coefficient (Wildman–Crippen LogP) is 5.59. The third-order valence-electron chi connectivity index (χ3n) is 3.41. The number of fused-ring (bicyclic) bond motifs is 1. The Labute approximate surface area is 124 Å². The van der Waals surface area contributed by atoms with Crippen LogP contribution in [-0.2, 0) is 0 Å². The van der Waals surface area contributed by atoms with Crippen molar-refractivity contribution in [2.75, 3.05) is 0 Å². The molecule has 4 heteroatoms. The van der Waals surface area contributed by atoms with E-state index in [1.807, 2.05) is 0 Å². The highest BCUT2D eigenvalue weighted by molar-refractivity contribution is 6.23. The molecule has 0 N–H and O–H groups in total. The number of hydrogen-bond donors (Lipinski definition) is 0. The van der Waals surface area contributed by atoms with Gasteiger partial charge in [0.25, 0.3) is 0 Å². The van der Waals surface area contributed by atoms with Crippen LogP contribution in [0.25, 0.3) is 10.8 Å². The molecule has 0 saturated carbocycles. The first-order chi connectivity index (χ1) is 10.1. The topological polar surface area (TPSA) is 0 Å². The van der Waals surface area contributed by atoms with Crippen LogP contribution in [0.4, 0.5) is 13.2 Å². The minimum Gasteiger partial charge on any atom is -0.207 e. The average Bonchev–Trinajstić information content (AvgIpc) is 2.50. The Morgan fingerprint density at radius 1 is 0.714 bits per heavy atom. The Morgan fingerprint density at radius 2 is 1.38 bits per heavy atom. The lowest BCUT2D eigenvalue weighted by Crippen LogP contribution is -1.99. The van der Waals surface area contributed by atoms with Crippen molar-refractivity contribution < 1.29 is 13.2 Å². The van der Waals surface area contributed by atoms with E-state index in [-0.39, 0.29) is 11.4 Å². The van der Waals surface area contributed by atoms with Crippen molar-refractivity contribution in [3.8, 4) is 0 Å². The van der Waals surface area contributed by atoms with Crippen LogP contribution in [0.5, 0.6) is 0 Å². The van der Waals surface area contributed by atoms with Crippen LogP contribution < -0.4 is 0 Å². The van der Waals surface area contributed by atoms with Crippen molar-refractivity contribution >= 4 is 22.4 Å². The fraction of sp³-hybridized carbons (Fsp3) is 0.0588. The molecule has 0 aliphatic rings. The number of hydrogen-bond acceptors (Lipinski definition) is 0. The molecule has 3 aromatic carbocycles. The lowest BCUT2D eigenvalue weighted by atomic mass is 9.97. The van der Waals surface area contributed by atoms with Gasteiger partial charge in [-0.1, -0.05) is 30.3 Å². The SMILES string of the molecule is Fc1ccc(F)c(C(Cl)c2ccc(F)c3ccccc23)c1. The molecule has 1 unspecified atom stereocenters. The van der Waals surface area contributed by atoms with E-state index in [2.05, 4.69) is 0 Å². The minimum absolute atomic E-state index is 0.0356. The first-order valence-electron chi connectivity index (χ1n) is 6.34. The molecule has 0 aliphatic heterocycles. The first kappa shape index (κ1) is 14.0. The van der Waals surface area contributed by atoms with Gasteiger partial charge in [-0.3, -0.25) is 0 Å². The summed E-state index contributed by atoms with van der Waals surface area (Å²) in [6.45, 7) is 0. The van der Waals surface area contributed by atoms with Crippen molar-refractivity contribution in [3.05, 3.63) is 83.2 Å². The zero-order chi connectivity index (χ0) is 15.0. The Kier molecular flexibility index (Phi) is 3.60. The Balaban J connectivity index is 2.20. The Hall–Kier alpha value is -2.00. The molecule has 0 saturated heterocycles. The second-order valence-electron chi connectivity index (χ2n) is 4.71. The van der Waals surface area contributed by atoms with Crippen molar-refractivity contribution in [2.45, 2.75) is 5.38 Å². The third-order valence-corrected chi connectivity index (χ3v) is 3.88. The largest absolute Gasteiger partial charge is 0.207 e. The summed E-state index contributed by atoms with van der Waals surface area (Å²) in [6.07, 6.45) is 0. The quantitative estimate of drug-likeness (QED) is 0.542. The van der Waals surface area contributed by atoms with E-state index in [1.165, 1.54) is 12.1 Å². The van der Waals surface area contributed by atoms with Crippen LogP contribution >= 0.6 is 11.6 Å². The van der Waals surface area contributed by atoms with E-state index in [0.717, 1.165) is 18.2 Å².